The van der Waals surface area contributed by atoms with Gasteiger partial charge in [-0.05, 0) is 56.4 Å². The number of aryl methyl sites for hydroxylation is 2. The Kier molecular flexibility index (Phi) is 9.54. The number of sulfonamides is 1. The quantitative estimate of drug-likeness (QED) is 0.512. The summed E-state index contributed by atoms with van der Waals surface area (Å²) < 4.78 is 26.6. The molecular weight excluding hydrogens is 474 g/mol. The van der Waals surface area contributed by atoms with Crippen molar-refractivity contribution in [1.82, 2.24) is 10.2 Å². The van der Waals surface area contributed by atoms with Crippen LogP contribution < -0.4 is 9.62 Å². The first-order chi connectivity index (χ1) is 17.1. The van der Waals surface area contributed by atoms with Gasteiger partial charge in [0.25, 0.3) is 0 Å². The second kappa shape index (κ2) is 12.4. The van der Waals surface area contributed by atoms with Crippen molar-refractivity contribution in [3.63, 3.8) is 0 Å². The van der Waals surface area contributed by atoms with Gasteiger partial charge in [-0.15, -0.1) is 0 Å². The highest BCUT2D eigenvalue weighted by Crippen LogP contribution is 2.22. The molecule has 0 aliphatic heterocycles. The second-order valence-electron chi connectivity index (χ2n) is 9.89. The van der Waals surface area contributed by atoms with Crippen LogP contribution in [0.4, 0.5) is 5.69 Å². The Bertz CT molecular complexity index is 1160. The minimum Gasteiger partial charge on any atom is -0.352 e. The summed E-state index contributed by atoms with van der Waals surface area (Å²) in [5.74, 6) is -0.582. The molecule has 1 aliphatic carbocycles. The molecule has 0 aromatic heterocycles. The number of anilines is 1. The molecule has 1 N–H and O–H groups in total. The van der Waals surface area contributed by atoms with E-state index in [1.165, 1.54) is 6.42 Å². The fraction of sp³-hybridized carbons (Fsp3) is 0.500. The van der Waals surface area contributed by atoms with E-state index in [9.17, 15) is 18.0 Å². The first-order valence-corrected chi connectivity index (χ1v) is 14.6. The number of nitrogens with one attached hydrogen (secondary N) is 1. The Hall–Kier alpha value is -2.87. The molecule has 0 spiro atoms. The van der Waals surface area contributed by atoms with E-state index in [1.807, 2.05) is 51.1 Å². The lowest BCUT2D eigenvalue weighted by atomic mass is 9.95. The third-order valence-corrected chi connectivity index (χ3v) is 7.88. The van der Waals surface area contributed by atoms with Crippen molar-refractivity contribution in [1.29, 1.82) is 0 Å². The van der Waals surface area contributed by atoms with E-state index < -0.39 is 22.0 Å². The third-order valence-electron chi connectivity index (χ3n) is 6.74. The topological polar surface area (TPSA) is 86.8 Å². The molecule has 0 radical (unpaired) electrons. The van der Waals surface area contributed by atoms with Gasteiger partial charge in [0, 0.05) is 12.6 Å². The summed E-state index contributed by atoms with van der Waals surface area (Å²) >= 11 is 0. The number of hydrogen-bond acceptors (Lipinski definition) is 4. The van der Waals surface area contributed by atoms with Gasteiger partial charge in [-0.25, -0.2) is 8.42 Å². The van der Waals surface area contributed by atoms with Gasteiger partial charge in [-0.1, -0.05) is 68.1 Å². The van der Waals surface area contributed by atoms with E-state index in [0.29, 0.717) is 12.1 Å². The van der Waals surface area contributed by atoms with E-state index in [4.69, 9.17) is 0 Å². The smallest absolute Gasteiger partial charge is 0.244 e. The molecule has 8 heteroatoms. The standard InChI is InChI=1S/C28H39N3O4S/c1-5-26(28(33)29-24-14-7-6-8-15-24)30(19-23-13-9-11-21(2)17-23)27(32)20-31(36(4,34)35)25-16-10-12-22(3)18-25/h9-13,16-18,24,26H,5-8,14-15,19-20H2,1-4H3,(H,29,33)/t26-/m1/s1. The monoisotopic (exact) mass is 513 g/mol. The van der Waals surface area contributed by atoms with Crippen molar-refractivity contribution in [3.8, 4) is 0 Å². The molecule has 2 amide bonds. The van der Waals surface area contributed by atoms with E-state index in [0.717, 1.165) is 52.9 Å². The first-order valence-electron chi connectivity index (χ1n) is 12.8. The van der Waals surface area contributed by atoms with Gasteiger partial charge in [-0.3, -0.25) is 13.9 Å². The SMILES string of the molecule is CC[C@H](C(=O)NC1CCCCC1)N(Cc1cccc(C)c1)C(=O)CN(c1cccc(C)c1)S(C)(=O)=O. The average Bonchev–Trinajstić information content (AvgIpc) is 2.82. The number of amides is 2. The molecule has 1 saturated carbocycles. The van der Waals surface area contributed by atoms with Crippen molar-refractivity contribution >= 4 is 27.5 Å². The molecule has 3 rings (SSSR count). The third kappa shape index (κ3) is 7.56. The minimum absolute atomic E-state index is 0.121. The highest BCUT2D eigenvalue weighted by atomic mass is 32.2. The lowest BCUT2D eigenvalue weighted by Crippen LogP contribution is -2.53. The Morgan fingerprint density at radius 2 is 1.64 bits per heavy atom. The summed E-state index contributed by atoms with van der Waals surface area (Å²) in [4.78, 5) is 28.7. The molecular formula is C28H39N3O4S. The maximum absolute atomic E-state index is 13.8. The molecule has 7 nitrogen and oxygen atoms in total. The van der Waals surface area contributed by atoms with Crippen LogP contribution in [0.25, 0.3) is 0 Å². The minimum atomic E-state index is -3.73. The summed E-state index contributed by atoms with van der Waals surface area (Å²) in [7, 11) is -3.73. The Labute approximate surface area is 215 Å². The van der Waals surface area contributed by atoms with Gasteiger partial charge >= 0.3 is 0 Å². The van der Waals surface area contributed by atoms with Gasteiger partial charge < -0.3 is 10.2 Å². The maximum atomic E-state index is 13.8. The molecule has 36 heavy (non-hydrogen) atoms. The summed E-state index contributed by atoms with van der Waals surface area (Å²) in [6.45, 7) is 5.59. The molecule has 1 atom stereocenters. The van der Waals surface area contributed by atoms with Crippen LogP contribution in [0.1, 0.15) is 62.1 Å². The van der Waals surface area contributed by atoms with Crippen molar-refractivity contribution < 1.29 is 18.0 Å². The van der Waals surface area contributed by atoms with Crippen LogP contribution >= 0.6 is 0 Å². The number of carbonyl (C=O) groups excluding carboxylic acids is 2. The van der Waals surface area contributed by atoms with E-state index in [1.54, 1.807) is 23.1 Å². The normalized spacial score (nSPS) is 15.2. The van der Waals surface area contributed by atoms with E-state index in [2.05, 4.69) is 5.32 Å². The van der Waals surface area contributed by atoms with Crippen LogP contribution in [-0.4, -0.2) is 50.0 Å². The van der Waals surface area contributed by atoms with Crippen LogP contribution in [0.3, 0.4) is 0 Å². The van der Waals surface area contributed by atoms with Gasteiger partial charge in [-0.2, -0.15) is 0 Å². The summed E-state index contributed by atoms with van der Waals surface area (Å²) in [6.07, 6.45) is 6.79. The average molecular weight is 514 g/mol. The van der Waals surface area contributed by atoms with Crippen LogP contribution in [0.5, 0.6) is 0 Å². The highest BCUT2D eigenvalue weighted by molar-refractivity contribution is 7.92. The van der Waals surface area contributed by atoms with Crippen molar-refractivity contribution in [2.75, 3.05) is 17.1 Å². The van der Waals surface area contributed by atoms with Gasteiger partial charge in [0.05, 0.1) is 11.9 Å². The number of rotatable bonds is 10. The maximum Gasteiger partial charge on any atom is 0.244 e. The molecule has 2 aromatic carbocycles. The van der Waals surface area contributed by atoms with Crippen LogP contribution in [0.2, 0.25) is 0 Å². The molecule has 1 fully saturated rings. The zero-order chi connectivity index (χ0) is 26.3. The van der Waals surface area contributed by atoms with Crippen LogP contribution in [0, 0.1) is 13.8 Å². The molecule has 0 saturated heterocycles. The van der Waals surface area contributed by atoms with Gasteiger partial charge in [0.1, 0.15) is 12.6 Å². The first kappa shape index (κ1) is 27.7. The number of hydrogen-bond donors (Lipinski definition) is 1. The lowest BCUT2D eigenvalue weighted by Gasteiger charge is -2.34. The molecule has 1 aliphatic rings. The number of carbonyl (C=O) groups is 2. The lowest BCUT2D eigenvalue weighted by molar-refractivity contribution is -0.140. The summed E-state index contributed by atoms with van der Waals surface area (Å²) in [6, 6.07) is 14.3. The summed E-state index contributed by atoms with van der Waals surface area (Å²) in [5.41, 5.74) is 3.27. The van der Waals surface area contributed by atoms with E-state index >= 15 is 0 Å². The molecule has 0 unspecified atom stereocenters. The fourth-order valence-corrected chi connectivity index (χ4v) is 5.71. The molecule has 196 valence electrons. The highest BCUT2D eigenvalue weighted by Gasteiger charge is 2.32. The van der Waals surface area contributed by atoms with Gasteiger partial charge in [0.2, 0.25) is 21.8 Å². The number of benzene rings is 2. The second-order valence-corrected chi connectivity index (χ2v) is 11.8. The van der Waals surface area contributed by atoms with Crippen molar-refractivity contribution in [2.24, 2.45) is 0 Å². The van der Waals surface area contributed by atoms with Gasteiger partial charge in [0.15, 0.2) is 0 Å². The van der Waals surface area contributed by atoms with Crippen LogP contribution in [0.15, 0.2) is 48.5 Å². The van der Waals surface area contributed by atoms with E-state index in [-0.39, 0.29) is 25.0 Å². The Balaban J connectivity index is 1.91. The molecule has 0 heterocycles. The Morgan fingerprint density at radius 3 is 2.22 bits per heavy atom. The largest absolute Gasteiger partial charge is 0.352 e. The van der Waals surface area contributed by atoms with Crippen LogP contribution in [-0.2, 0) is 26.2 Å². The van der Waals surface area contributed by atoms with Crippen molar-refractivity contribution in [2.45, 2.75) is 77.9 Å². The molecule has 2 aromatic rings. The summed E-state index contributed by atoms with van der Waals surface area (Å²) in [5, 5.41) is 3.16. The zero-order valence-corrected chi connectivity index (χ0v) is 22.7. The predicted molar refractivity (Wildman–Crippen MR) is 144 cm³/mol. The predicted octanol–water partition coefficient (Wildman–Crippen LogP) is 4.33. The van der Waals surface area contributed by atoms with Crippen molar-refractivity contribution in [3.05, 3.63) is 65.2 Å². The fourth-order valence-electron chi connectivity index (χ4n) is 4.87. The Morgan fingerprint density at radius 1 is 1.00 bits per heavy atom. The number of nitrogens with zero attached hydrogens (tertiary/aromatic N) is 2. The zero-order valence-electron chi connectivity index (χ0n) is 21.9. The molecule has 0 bridgehead atoms.